The maximum atomic E-state index is 8.82. The van der Waals surface area contributed by atoms with E-state index in [4.69, 9.17) is 15.7 Å². The van der Waals surface area contributed by atoms with E-state index in [2.05, 4.69) is 4.98 Å². The van der Waals surface area contributed by atoms with Gasteiger partial charge in [-0.25, -0.2) is 4.98 Å². The maximum absolute atomic E-state index is 8.82. The Hall–Kier alpha value is -1.80. The minimum atomic E-state index is 0.341. The number of nitrogens with two attached hydrogens (primary N) is 1. The van der Waals surface area contributed by atoms with Crippen LogP contribution in [-0.2, 0) is 0 Å². The number of nitrogens with zero attached hydrogens (tertiary/aromatic N) is 3. The number of hydrogen-bond acceptors (Lipinski definition) is 5. The zero-order valence-electron chi connectivity index (χ0n) is 8.90. The summed E-state index contributed by atoms with van der Waals surface area (Å²) in [6.45, 7) is 1.27. The van der Waals surface area contributed by atoms with Crippen LogP contribution >= 0.6 is 0 Å². The smallest absolute Gasteiger partial charge is 0.231 e. The molecule has 0 spiro atoms. The molecule has 0 unspecified atom stereocenters. The van der Waals surface area contributed by atoms with Gasteiger partial charge in [0.15, 0.2) is 0 Å². The van der Waals surface area contributed by atoms with Crippen molar-refractivity contribution in [1.29, 1.82) is 5.26 Å². The topological polar surface area (TPSA) is 75.2 Å². The van der Waals surface area contributed by atoms with Crippen LogP contribution in [0.25, 0.3) is 0 Å². The van der Waals surface area contributed by atoms with Crippen LogP contribution < -0.4 is 10.5 Å². The fourth-order valence-corrected chi connectivity index (χ4v) is 0.988. The third kappa shape index (κ3) is 3.44. The van der Waals surface area contributed by atoms with Gasteiger partial charge >= 0.3 is 0 Å². The second-order valence-electron chi connectivity index (χ2n) is 3.38. The molecule has 0 amide bonds. The Morgan fingerprint density at radius 2 is 2.33 bits per heavy atom. The first-order valence-electron chi connectivity index (χ1n) is 4.56. The molecule has 2 N–H and O–H groups in total. The molecule has 0 aromatic carbocycles. The lowest BCUT2D eigenvalue weighted by molar-refractivity contribution is 0.253. The van der Waals surface area contributed by atoms with Crippen molar-refractivity contribution in [3.63, 3.8) is 0 Å². The fraction of sp³-hybridized carbons (Fsp3) is 0.400. The van der Waals surface area contributed by atoms with Crippen molar-refractivity contribution in [1.82, 2.24) is 9.88 Å². The molecule has 5 nitrogen and oxygen atoms in total. The van der Waals surface area contributed by atoms with E-state index in [0.717, 1.165) is 6.54 Å². The number of hydrogen-bond donors (Lipinski definition) is 1. The Morgan fingerprint density at radius 3 is 2.93 bits per heavy atom. The lowest BCUT2D eigenvalue weighted by atomic mass is 10.3. The first kappa shape index (κ1) is 11.3. The van der Waals surface area contributed by atoms with Crippen molar-refractivity contribution in [3.05, 3.63) is 17.8 Å². The molecular weight excluding hydrogens is 192 g/mol. The molecule has 0 bridgehead atoms. The molecule has 0 aliphatic carbocycles. The molecule has 0 saturated carbocycles. The van der Waals surface area contributed by atoms with Crippen LogP contribution in [0.4, 0.5) is 5.69 Å². The quantitative estimate of drug-likeness (QED) is 0.775. The predicted octanol–water partition coefficient (Wildman–Crippen LogP) is 0.476. The van der Waals surface area contributed by atoms with Gasteiger partial charge in [0.25, 0.3) is 0 Å². The van der Waals surface area contributed by atoms with Crippen molar-refractivity contribution < 1.29 is 4.74 Å². The largest absolute Gasteiger partial charge is 0.475 e. The third-order valence-electron chi connectivity index (χ3n) is 1.77. The summed E-state index contributed by atoms with van der Waals surface area (Å²) in [5.74, 6) is 0.341. The van der Waals surface area contributed by atoms with Gasteiger partial charge in [-0.3, -0.25) is 0 Å². The van der Waals surface area contributed by atoms with Gasteiger partial charge in [0.1, 0.15) is 18.2 Å². The summed E-state index contributed by atoms with van der Waals surface area (Å²) in [6.07, 6.45) is 1.48. The number of ether oxygens (including phenoxy) is 1. The normalized spacial score (nSPS) is 10.0. The summed E-state index contributed by atoms with van der Waals surface area (Å²) >= 11 is 0. The number of nitriles is 1. The highest BCUT2D eigenvalue weighted by molar-refractivity contribution is 5.48. The summed E-state index contributed by atoms with van der Waals surface area (Å²) in [6, 6.07) is 3.55. The molecule has 0 aliphatic rings. The van der Waals surface area contributed by atoms with Crippen LogP contribution in [-0.4, -0.2) is 37.1 Å². The molecule has 0 fully saturated rings. The highest BCUT2D eigenvalue weighted by atomic mass is 16.5. The van der Waals surface area contributed by atoms with Crippen LogP contribution in [0.5, 0.6) is 5.88 Å². The number of pyridine rings is 1. The minimum Gasteiger partial charge on any atom is -0.475 e. The Labute approximate surface area is 89.1 Å². The van der Waals surface area contributed by atoms with Gasteiger partial charge in [-0.05, 0) is 20.2 Å². The standard InChI is InChI=1S/C10H14N4O/c1-14(2)3-4-15-10-8(6-11)5-9(12)7-13-10/h5,7H,3-4,12H2,1-2H3. The highest BCUT2D eigenvalue weighted by Gasteiger charge is 2.05. The van der Waals surface area contributed by atoms with Crippen molar-refractivity contribution in [3.8, 4) is 11.9 Å². The van der Waals surface area contributed by atoms with E-state index in [1.807, 2.05) is 25.1 Å². The molecule has 0 saturated heterocycles. The molecular formula is C10H14N4O. The van der Waals surface area contributed by atoms with Gasteiger partial charge in [0.05, 0.1) is 11.9 Å². The molecule has 1 aromatic heterocycles. The number of anilines is 1. The molecule has 1 rings (SSSR count). The summed E-state index contributed by atoms with van der Waals surface area (Å²) in [7, 11) is 3.90. The van der Waals surface area contributed by atoms with Crippen molar-refractivity contribution in [2.45, 2.75) is 0 Å². The number of aromatic nitrogens is 1. The van der Waals surface area contributed by atoms with Gasteiger partial charge in [-0.2, -0.15) is 5.26 Å². The van der Waals surface area contributed by atoms with Crippen LogP contribution in [0.3, 0.4) is 0 Å². The zero-order chi connectivity index (χ0) is 11.3. The molecule has 1 heterocycles. The average Bonchev–Trinajstić information content (AvgIpc) is 2.19. The second kappa shape index (κ2) is 5.17. The van der Waals surface area contributed by atoms with Crippen molar-refractivity contribution in [2.24, 2.45) is 0 Å². The zero-order valence-corrected chi connectivity index (χ0v) is 8.90. The van der Waals surface area contributed by atoms with Crippen LogP contribution in [0.2, 0.25) is 0 Å². The Kier molecular flexibility index (Phi) is 3.89. The van der Waals surface area contributed by atoms with Crippen molar-refractivity contribution in [2.75, 3.05) is 33.0 Å². The van der Waals surface area contributed by atoms with E-state index < -0.39 is 0 Å². The van der Waals surface area contributed by atoms with E-state index in [0.29, 0.717) is 23.7 Å². The van der Waals surface area contributed by atoms with Crippen LogP contribution in [0.1, 0.15) is 5.56 Å². The molecule has 1 aromatic rings. The van der Waals surface area contributed by atoms with Gasteiger partial charge in [0, 0.05) is 6.54 Å². The number of nitrogen functional groups attached to an aromatic ring is 1. The Bertz CT molecular complexity index is 370. The fourth-order valence-electron chi connectivity index (χ4n) is 0.988. The molecule has 0 atom stereocenters. The SMILES string of the molecule is CN(C)CCOc1ncc(N)cc1C#N. The van der Waals surface area contributed by atoms with Gasteiger partial charge in [-0.15, -0.1) is 0 Å². The molecule has 0 aliphatic heterocycles. The molecule has 15 heavy (non-hydrogen) atoms. The minimum absolute atomic E-state index is 0.341. The summed E-state index contributed by atoms with van der Waals surface area (Å²) < 4.78 is 5.36. The Morgan fingerprint density at radius 1 is 1.60 bits per heavy atom. The van der Waals surface area contributed by atoms with Crippen molar-refractivity contribution >= 4 is 5.69 Å². The van der Waals surface area contributed by atoms with E-state index in [1.165, 1.54) is 6.20 Å². The monoisotopic (exact) mass is 206 g/mol. The van der Waals surface area contributed by atoms with E-state index >= 15 is 0 Å². The molecule has 80 valence electrons. The van der Waals surface area contributed by atoms with E-state index in [-0.39, 0.29) is 0 Å². The second-order valence-corrected chi connectivity index (χ2v) is 3.38. The lowest BCUT2D eigenvalue weighted by Crippen LogP contribution is -2.20. The molecule has 0 radical (unpaired) electrons. The van der Waals surface area contributed by atoms with Gasteiger partial charge in [-0.1, -0.05) is 0 Å². The third-order valence-corrected chi connectivity index (χ3v) is 1.77. The van der Waals surface area contributed by atoms with Crippen LogP contribution in [0.15, 0.2) is 12.3 Å². The lowest BCUT2D eigenvalue weighted by Gasteiger charge is -2.11. The summed E-state index contributed by atoms with van der Waals surface area (Å²) in [4.78, 5) is 5.95. The highest BCUT2D eigenvalue weighted by Crippen LogP contribution is 2.16. The van der Waals surface area contributed by atoms with E-state index in [9.17, 15) is 0 Å². The van der Waals surface area contributed by atoms with Gasteiger partial charge in [0.2, 0.25) is 5.88 Å². The first-order chi connectivity index (χ1) is 7.13. The summed E-state index contributed by atoms with van der Waals surface area (Å²) in [5, 5.41) is 8.82. The van der Waals surface area contributed by atoms with Gasteiger partial charge < -0.3 is 15.4 Å². The molecule has 5 heteroatoms. The van der Waals surface area contributed by atoms with Crippen LogP contribution in [0, 0.1) is 11.3 Å². The summed E-state index contributed by atoms with van der Waals surface area (Å²) in [5.41, 5.74) is 6.34. The predicted molar refractivity (Wildman–Crippen MR) is 57.4 cm³/mol. The van der Waals surface area contributed by atoms with E-state index in [1.54, 1.807) is 6.07 Å². The number of rotatable bonds is 4. The Balaban J connectivity index is 2.65. The first-order valence-corrected chi connectivity index (χ1v) is 4.56. The maximum Gasteiger partial charge on any atom is 0.231 e. The average molecular weight is 206 g/mol. The number of likely N-dealkylation sites (N-methyl/N-ethyl adjacent to an activating group) is 1.